The van der Waals surface area contributed by atoms with Gasteiger partial charge in [-0.15, -0.1) is 0 Å². The topological polar surface area (TPSA) is 110 Å². The van der Waals surface area contributed by atoms with Crippen molar-refractivity contribution in [2.45, 2.75) is 263 Å². The lowest BCUT2D eigenvalue weighted by molar-refractivity contribution is -0.132. The Balaban J connectivity index is 3.67. The summed E-state index contributed by atoms with van der Waals surface area (Å²) in [4.78, 5) is 12.4. The monoisotopic (exact) mass is 776 g/mol. The second kappa shape index (κ2) is 43.6. The van der Waals surface area contributed by atoms with Crippen LogP contribution < -0.4 is 5.32 Å². The second-order valence-corrected chi connectivity index (χ2v) is 16.4. The van der Waals surface area contributed by atoms with Gasteiger partial charge in [-0.25, -0.2) is 0 Å². The van der Waals surface area contributed by atoms with Gasteiger partial charge in [0.15, 0.2) is 0 Å². The Morgan fingerprint density at radius 1 is 0.436 bits per heavy atom. The molecule has 0 saturated carbocycles. The van der Waals surface area contributed by atoms with Crippen LogP contribution >= 0.6 is 0 Å². The van der Waals surface area contributed by atoms with E-state index in [4.69, 9.17) is 0 Å². The van der Waals surface area contributed by atoms with Gasteiger partial charge in [0.05, 0.1) is 18.8 Å². The maximum atomic E-state index is 12.4. The van der Waals surface area contributed by atoms with Gasteiger partial charge in [0, 0.05) is 0 Å². The number of carbonyl (C=O) groups excluding carboxylic acids is 1. The second-order valence-electron chi connectivity index (χ2n) is 16.4. The molecule has 0 spiro atoms. The average molecular weight is 776 g/mol. The van der Waals surface area contributed by atoms with Gasteiger partial charge in [-0.05, 0) is 70.6 Å². The lowest BCUT2D eigenvalue weighted by Gasteiger charge is -2.27. The zero-order chi connectivity index (χ0) is 40.3. The number of nitrogens with one attached hydrogen (secondary N) is 1. The predicted octanol–water partition coefficient (Wildman–Crippen LogP) is 12.9. The molecule has 4 unspecified atom stereocenters. The van der Waals surface area contributed by atoms with Crippen molar-refractivity contribution in [3.63, 3.8) is 0 Å². The maximum absolute atomic E-state index is 12.4. The van der Waals surface area contributed by atoms with E-state index in [9.17, 15) is 25.2 Å². The highest BCUT2D eigenvalue weighted by molar-refractivity contribution is 5.80. The number of amides is 1. The summed E-state index contributed by atoms with van der Waals surface area (Å²) in [6.45, 7) is 3.98. The van der Waals surface area contributed by atoms with Gasteiger partial charge < -0.3 is 25.7 Å². The Bertz CT molecular complexity index is 873. The average Bonchev–Trinajstić information content (AvgIpc) is 3.19. The molecule has 0 aromatic heterocycles. The van der Waals surface area contributed by atoms with Crippen molar-refractivity contribution >= 4 is 5.91 Å². The Morgan fingerprint density at radius 2 is 0.782 bits per heavy atom. The van der Waals surface area contributed by atoms with Crippen molar-refractivity contribution in [1.82, 2.24) is 5.32 Å². The van der Waals surface area contributed by atoms with Gasteiger partial charge in [-0.2, -0.15) is 0 Å². The molecule has 55 heavy (non-hydrogen) atoms. The summed E-state index contributed by atoms with van der Waals surface area (Å²) in [7, 11) is 0. The zero-order valence-corrected chi connectivity index (χ0v) is 36.4. The molecular weight excluding hydrogens is 683 g/mol. The van der Waals surface area contributed by atoms with Crippen LogP contribution in [0.5, 0.6) is 0 Å². The smallest absolute Gasteiger partial charge is 0.249 e. The number of unbranched alkanes of at least 4 members (excludes halogenated alkanes) is 28. The molecule has 0 radical (unpaired) electrons. The molecule has 6 heteroatoms. The first kappa shape index (κ1) is 53.5. The molecule has 1 amide bonds. The molecule has 5 N–H and O–H groups in total. The summed E-state index contributed by atoms with van der Waals surface area (Å²) in [5, 5.41) is 43.5. The lowest BCUT2D eigenvalue weighted by Crippen LogP contribution is -2.53. The third kappa shape index (κ3) is 37.8. The number of hydrogen-bond donors (Lipinski definition) is 5. The minimum absolute atomic E-state index is 0.344. The van der Waals surface area contributed by atoms with Crippen LogP contribution in [-0.2, 0) is 4.79 Å². The fourth-order valence-electron chi connectivity index (χ4n) is 7.23. The minimum Gasteiger partial charge on any atom is -0.394 e. The first-order valence-electron chi connectivity index (χ1n) is 23.9. The van der Waals surface area contributed by atoms with Crippen molar-refractivity contribution in [2.24, 2.45) is 0 Å². The Labute approximate surface area is 341 Å². The largest absolute Gasteiger partial charge is 0.394 e. The molecule has 0 rings (SSSR count). The van der Waals surface area contributed by atoms with Gasteiger partial charge in [0.2, 0.25) is 5.91 Å². The standard InChI is InChI=1S/C49H93NO5/c1-3-5-7-9-11-13-15-16-17-18-19-20-21-22-23-24-25-26-27-28-29-30-31-32-33-35-36-38-40-42-46(52)48(54)45(44-51)50-49(55)47(53)43-41-39-37-34-14-12-10-8-6-4-2/h10,12,30-31,35-36,45-48,51-54H,3-9,11,13-29,32-34,37-44H2,1-2H3,(H,50,55)/b12-10-,31-30+,36-35+. The van der Waals surface area contributed by atoms with E-state index in [0.29, 0.717) is 19.3 Å². The number of aliphatic hydroxyl groups is 4. The molecule has 0 aliphatic rings. The third-order valence-electron chi connectivity index (χ3n) is 11.1. The van der Waals surface area contributed by atoms with Gasteiger partial charge in [-0.1, -0.05) is 204 Å². The SMILES string of the molecule is CCCC/C=C\CCCCCCC(O)C(=O)NC(CO)C(O)C(O)CCC/C=C/CC/C=C/CCCCCCCCCCCCCCCCCCCCCC. The maximum Gasteiger partial charge on any atom is 0.249 e. The predicted molar refractivity (Wildman–Crippen MR) is 237 cm³/mol. The van der Waals surface area contributed by atoms with E-state index in [1.54, 1.807) is 0 Å². The highest BCUT2D eigenvalue weighted by Crippen LogP contribution is 2.16. The summed E-state index contributed by atoms with van der Waals surface area (Å²) in [5.74, 6) is -0.609. The van der Waals surface area contributed by atoms with Crippen molar-refractivity contribution in [3.8, 4) is 0 Å². The number of allylic oxidation sites excluding steroid dienone is 6. The highest BCUT2D eigenvalue weighted by atomic mass is 16.3. The van der Waals surface area contributed by atoms with Gasteiger partial charge in [0.25, 0.3) is 0 Å². The fraction of sp³-hybridized carbons (Fsp3) is 0.857. The van der Waals surface area contributed by atoms with Gasteiger partial charge in [0.1, 0.15) is 12.2 Å². The Hall–Kier alpha value is -1.47. The molecule has 0 heterocycles. The van der Waals surface area contributed by atoms with Crippen molar-refractivity contribution in [3.05, 3.63) is 36.5 Å². The summed E-state index contributed by atoms with van der Waals surface area (Å²) < 4.78 is 0. The van der Waals surface area contributed by atoms with Crippen molar-refractivity contribution < 1.29 is 25.2 Å². The molecule has 0 aliphatic heterocycles. The van der Waals surface area contributed by atoms with E-state index in [1.165, 1.54) is 148 Å². The zero-order valence-electron chi connectivity index (χ0n) is 36.4. The summed E-state index contributed by atoms with van der Waals surface area (Å²) in [6, 6.07) is -1.01. The Kier molecular flexibility index (Phi) is 42.5. The van der Waals surface area contributed by atoms with E-state index >= 15 is 0 Å². The number of aliphatic hydroxyl groups excluding tert-OH is 4. The van der Waals surface area contributed by atoms with Gasteiger partial charge in [-0.3, -0.25) is 4.79 Å². The summed E-state index contributed by atoms with van der Waals surface area (Å²) in [5.41, 5.74) is 0. The van der Waals surface area contributed by atoms with Crippen LogP contribution in [0.2, 0.25) is 0 Å². The molecule has 0 aromatic carbocycles. The molecular formula is C49H93NO5. The molecule has 0 bridgehead atoms. The van der Waals surface area contributed by atoms with Crippen LogP contribution in [0.4, 0.5) is 0 Å². The first-order valence-corrected chi connectivity index (χ1v) is 23.9. The van der Waals surface area contributed by atoms with E-state index < -0.39 is 36.9 Å². The molecule has 0 aromatic rings. The Morgan fingerprint density at radius 3 is 1.20 bits per heavy atom. The highest BCUT2D eigenvalue weighted by Gasteiger charge is 2.28. The summed E-state index contributed by atoms with van der Waals surface area (Å²) >= 11 is 0. The van der Waals surface area contributed by atoms with Crippen LogP contribution in [0.1, 0.15) is 239 Å². The minimum atomic E-state index is -1.29. The normalized spacial score (nSPS) is 14.4. The fourth-order valence-corrected chi connectivity index (χ4v) is 7.23. The van der Waals surface area contributed by atoms with E-state index in [0.717, 1.165) is 57.8 Å². The van der Waals surface area contributed by atoms with Crippen molar-refractivity contribution in [1.29, 1.82) is 0 Å². The quantitative estimate of drug-likeness (QED) is 0.0313. The first-order chi connectivity index (χ1) is 27.0. The molecule has 0 aliphatic carbocycles. The molecule has 0 saturated heterocycles. The number of carbonyl (C=O) groups is 1. The van der Waals surface area contributed by atoms with Crippen LogP contribution in [0.15, 0.2) is 36.5 Å². The summed E-state index contributed by atoms with van der Waals surface area (Å²) in [6.07, 6.45) is 52.2. The van der Waals surface area contributed by atoms with Crippen LogP contribution in [0.25, 0.3) is 0 Å². The molecule has 324 valence electrons. The van der Waals surface area contributed by atoms with E-state index in [2.05, 4.69) is 55.6 Å². The van der Waals surface area contributed by atoms with Crippen LogP contribution in [0, 0.1) is 0 Å². The number of rotatable bonds is 43. The van der Waals surface area contributed by atoms with Gasteiger partial charge >= 0.3 is 0 Å². The molecule has 0 fully saturated rings. The molecule has 6 nitrogen and oxygen atoms in total. The van der Waals surface area contributed by atoms with E-state index in [1.807, 2.05) is 0 Å². The van der Waals surface area contributed by atoms with Crippen LogP contribution in [0.3, 0.4) is 0 Å². The third-order valence-corrected chi connectivity index (χ3v) is 11.1. The molecule has 4 atom stereocenters. The number of hydrogen-bond acceptors (Lipinski definition) is 5. The van der Waals surface area contributed by atoms with Crippen LogP contribution in [-0.4, -0.2) is 57.3 Å². The van der Waals surface area contributed by atoms with E-state index in [-0.39, 0.29) is 0 Å². The lowest BCUT2D eigenvalue weighted by atomic mass is 10.00. The van der Waals surface area contributed by atoms with Crippen molar-refractivity contribution in [2.75, 3.05) is 6.61 Å².